The predicted octanol–water partition coefficient (Wildman–Crippen LogP) is 0.0497. The van der Waals surface area contributed by atoms with Crippen LogP contribution in [0, 0.1) is 6.92 Å². The molecule has 9 heteroatoms. The van der Waals surface area contributed by atoms with E-state index in [0.717, 1.165) is 24.0 Å². The van der Waals surface area contributed by atoms with Crippen LogP contribution in [0.15, 0.2) is 24.5 Å². The van der Waals surface area contributed by atoms with Crippen LogP contribution in [0.4, 0.5) is 0 Å². The van der Waals surface area contributed by atoms with Crippen molar-refractivity contribution in [3.8, 4) is 11.6 Å². The summed E-state index contributed by atoms with van der Waals surface area (Å²) < 4.78 is 11.0. The number of ether oxygens (including phenoxy) is 1. The first-order valence-electron chi connectivity index (χ1n) is 8.37. The summed E-state index contributed by atoms with van der Waals surface area (Å²) in [4.78, 5) is 20.3. The average molecular weight is 355 g/mol. The van der Waals surface area contributed by atoms with Crippen LogP contribution in [0.2, 0.25) is 0 Å². The second-order valence-electron chi connectivity index (χ2n) is 6.66. The lowest BCUT2D eigenvalue weighted by atomic mass is 9.76. The summed E-state index contributed by atoms with van der Waals surface area (Å²) in [6.07, 6.45) is 4.22. The van der Waals surface area contributed by atoms with Gasteiger partial charge in [-0.25, -0.2) is 9.97 Å². The van der Waals surface area contributed by atoms with Gasteiger partial charge in [-0.3, -0.25) is 4.79 Å². The highest BCUT2D eigenvalue weighted by Crippen LogP contribution is 2.34. The number of carbonyl (C=O) groups excluding carboxylic acids is 1. The Balaban J connectivity index is 1.48. The fourth-order valence-corrected chi connectivity index (χ4v) is 2.97. The van der Waals surface area contributed by atoms with E-state index in [1.807, 2.05) is 13.0 Å². The zero-order valence-corrected chi connectivity index (χ0v) is 14.2. The van der Waals surface area contributed by atoms with Gasteiger partial charge in [0, 0.05) is 0 Å². The lowest BCUT2D eigenvalue weighted by Gasteiger charge is -2.14. The maximum atomic E-state index is 12.1. The molecule has 2 heterocycles. The molecule has 1 fully saturated rings. The molecule has 0 radical (unpaired) electrons. The molecule has 0 spiro atoms. The van der Waals surface area contributed by atoms with E-state index in [9.17, 15) is 14.9 Å². The zero-order chi connectivity index (χ0) is 18.3. The molecular weight excluding hydrogens is 337 g/mol. The van der Waals surface area contributed by atoms with Crippen molar-refractivity contribution in [1.29, 1.82) is 0 Å². The first-order valence-corrected chi connectivity index (χ1v) is 8.37. The van der Waals surface area contributed by atoms with E-state index in [2.05, 4.69) is 15.3 Å². The standard InChI is InChI=1S/C17H18BN3O5/c1-10-13(3-2-11-8-25-18(24)15(10)11)26-14-7-19-12(6-20-14)16(23)21-17(9-22)4-5-17/h2-3,6-7,22,24H,4-5,8-9H2,1H3,(H,21,23). The van der Waals surface area contributed by atoms with Crippen molar-refractivity contribution < 1.29 is 24.3 Å². The van der Waals surface area contributed by atoms with E-state index in [-0.39, 0.29) is 24.1 Å². The summed E-state index contributed by atoms with van der Waals surface area (Å²) in [5, 5.41) is 21.9. The fourth-order valence-electron chi connectivity index (χ4n) is 2.97. The molecule has 1 aromatic carbocycles. The van der Waals surface area contributed by atoms with Crippen LogP contribution in [-0.2, 0) is 11.3 Å². The molecule has 4 rings (SSSR count). The molecular formula is C17H18BN3O5. The number of rotatable bonds is 5. The van der Waals surface area contributed by atoms with E-state index >= 15 is 0 Å². The largest absolute Gasteiger partial charge is 0.492 e. The van der Waals surface area contributed by atoms with Crippen molar-refractivity contribution in [3.63, 3.8) is 0 Å². The number of hydrogen-bond acceptors (Lipinski definition) is 7. The maximum Gasteiger partial charge on any atom is 0.492 e. The fraction of sp³-hybridized carbons (Fsp3) is 0.353. The van der Waals surface area contributed by atoms with E-state index in [1.165, 1.54) is 12.4 Å². The molecule has 0 unspecified atom stereocenters. The number of aliphatic hydroxyl groups is 1. The number of fused-ring (bicyclic) bond motifs is 1. The predicted molar refractivity (Wildman–Crippen MR) is 92.2 cm³/mol. The summed E-state index contributed by atoms with van der Waals surface area (Å²) in [7, 11) is -0.952. The van der Waals surface area contributed by atoms with Gasteiger partial charge < -0.3 is 24.8 Å². The third kappa shape index (κ3) is 3.05. The normalized spacial score (nSPS) is 17.0. The third-order valence-electron chi connectivity index (χ3n) is 4.81. The van der Waals surface area contributed by atoms with Crippen molar-refractivity contribution in [3.05, 3.63) is 41.3 Å². The van der Waals surface area contributed by atoms with Crippen molar-refractivity contribution in [2.45, 2.75) is 31.9 Å². The third-order valence-corrected chi connectivity index (χ3v) is 4.81. The summed E-state index contributed by atoms with van der Waals surface area (Å²) in [6.45, 7) is 2.13. The van der Waals surface area contributed by atoms with Crippen LogP contribution in [0.1, 0.15) is 34.5 Å². The van der Waals surface area contributed by atoms with E-state index in [4.69, 9.17) is 9.39 Å². The van der Waals surface area contributed by atoms with Gasteiger partial charge in [0.25, 0.3) is 5.91 Å². The molecule has 3 N–H and O–H groups in total. The highest BCUT2D eigenvalue weighted by Gasteiger charge is 2.43. The van der Waals surface area contributed by atoms with Gasteiger partial charge in [0.1, 0.15) is 11.4 Å². The summed E-state index contributed by atoms with van der Waals surface area (Å²) in [5.74, 6) is 0.405. The Morgan fingerprint density at radius 2 is 2.19 bits per heavy atom. The Morgan fingerprint density at radius 3 is 2.85 bits per heavy atom. The number of aromatic nitrogens is 2. The lowest BCUT2D eigenvalue weighted by Crippen LogP contribution is -2.39. The van der Waals surface area contributed by atoms with Gasteiger partial charge in [-0.15, -0.1) is 0 Å². The van der Waals surface area contributed by atoms with Crippen molar-refractivity contribution >= 4 is 18.5 Å². The molecule has 134 valence electrons. The van der Waals surface area contributed by atoms with E-state index in [0.29, 0.717) is 17.8 Å². The molecule has 1 saturated carbocycles. The van der Waals surface area contributed by atoms with Gasteiger partial charge in [-0.1, -0.05) is 6.07 Å². The smallest absolute Gasteiger partial charge is 0.437 e. The van der Waals surface area contributed by atoms with Crippen molar-refractivity contribution in [2.24, 2.45) is 0 Å². The molecule has 0 atom stereocenters. The number of hydrogen-bond donors (Lipinski definition) is 3. The number of benzene rings is 1. The zero-order valence-electron chi connectivity index (χ0n) is 14.2. The molecule has 1 aromatic heterocycles. The summed E-state index contributed by atoms with van der Waals surface area (Å²) in [6, 6.07) is 3.63. The van der Waals surface area contributed by atoms with Crippen LogP contribution in [0.3, 0.4) is 0 Å². The number of carbonyl (C=O) groups is 1. The quantitative estimate of drug-likeness (QED) is 0.650. The molecule has 1 amide bonds. The minimum Gasteiger partial charge on any atom is -0.437 e. The molecule has 1 aliphatic carbocycles. The highest BCUT2D eigenvalue weighted by molar-refractivity contribution is 6.62. The van der Waals surface area contributed by atoms with Gasteiger partial charge in [0.15, 0.2) is 0 Å². The topological polar surface area (TPSA) is 114 Å². The summed E-state index contributed by atoms with van der Waals surface area (Å²) in [5.41, 5.74) is 2.07. The Labute approximate surface area is 150 Å². The second-order valence-corrected chi connectivity index (χ2v) is 6.66. The second kappa shape index (κ2) is 6.35. The first-order chi connectivity index (χ1) is 12.5. The maximum absolute atomic E-state index is 12.1. The summed E-state index contributed by atoms with van der Waals surface area (Å²) >= 11 is 0. The van der Waals surface area contributed by atoms with Gasteiger partial charge in [0.05, 0.1) is 31.1 Å². The van der Waals surface area contributed by atoms with Gasteiger partial charge in [-0.05, 0) is 42.4 Å². The molecule has 0 bridgehead atoms. The van der Waals surface area contributed by atoms with Crippen LogP contribution in [0.5, 0.6) is 11.6 Å². The Bertz CT molecular complexity index is 854. The van der Waals surface area contributed by atoms with Crippen molar-refractivity contribution in [2.75, 3.05) is 6.61 Å². The van der Waals surface area contributed by atoms with E-state index in [1.54, 1.807) is 6.07 Å². The Hall–Kier alpha value is -2.49. The lowest BCUT2D eigenvalue weighted by molar-refractivity contribution is 0.0901. The highest BCUT2D eigenvalue weighted by atomic mass is 16.5. The van der Waals surface area contributed by atoms with Gasteiger partial charge in [0.2, 0.25) is 5.88 Å². The van der Waals surface area contributed by atoms with Crippen LogP contribution >= 0.6 is 0 Å². The number of amides is 1. The van der Waals surface area contributed by atoms with Crippen LogP contribution < -0.4 is 15.5 Å². The van der Waals surface area contributed by atoms with Gasteiger partial charge >= 0.3 is 7.12 Å². The average Bonchev–Trinajstić information content (AvgIpc) is 3.32. The number of nitrogens with one attached hydrogen (secondary N) is 1. The molecule has 26 heavy (non-hydrogen) atoms. The Kier molecular flexibility index (Phi) is 4.14. The van der Waals surface area contributed by atoms with E-state index < -0.39 is 12.7 Å². The minimum absolute atomic E-state index is 0.0828. The van der Waals surface area contributed by atoms with Crippen LogP contribution in [-0.4, -0.2) is 45.3 Å². The SMILES string of the molecule is Cc1c(Oc2cnc(C(=O)NC3(CO)CC3)cn2)ccc2c1B(O)OC2. The van der Waals surface area contributed by atoms with Crippen LogP contribution in [0.25, 0.3) is 0 Å². The molecule has 8 nitrogen and oxygen atoms in total. The van der Waals surface area contributed by atoms with Gasteiger partial charge in [-0.2, -0.15) is 0 Å². The molecule has 1 aliphatic heterocycles. The number of aliphatic hydroxyl groups excluding tert-OH is 1. The first kappa shape index (κ1) is 17.0. The van der Waals surface area contributed by atoms with Crippen molar-refractivity contribution in [1.82, 2.24) is 15.3 Å². The molecule has 0 saturated heterocycles. The molecule has 2 aliphatic rings. The molecule has 2 aromatic rings. The number of nitrogens with zero attached hydrogens (tertiary/aromatic N) is 2. The minimum atomic E-state index is -0.952. The monoisotopic (exact) mass is 355 g/mol. The Morgan fingerprint density at radius 1 is 1.38 bits per heavy atom.